The van der Waals surface area contributed by atoms with Crippen LogP contribution in [0.4, 0.5) is 0 Å². The van der Waals surface area contributed by atoms with Gasteiger partial charge in [0.15, 0.2) is 0 Å². The van der Waals surface area contributed by atoms with Crippen molar-refractivity contribution in [2.75, 3.05) is 11.5 Å². The zero-order valence-corrected chi connectivity index (χ0v) is 11.0. The maximum Gasteiger partial charge on any atom is 0.0685 e. The van der Waals surface area contributed by atoms with Crippen molar-refractivity contribution >= 4 is 23.5 Å². The Kier molecular flexibility index (Phi) is 5.80. The van der Waals surface area contributed by atoms with Crippen LogP contribution in [-0.4, -0.2) is 16.1 Å². The highest BCUT2D eigenvalue weighted by molar-refractivity contribution is 8.20. The van der Waals surface area contributed by atoms with E-state index in [1.807, 2.05) is 0 Å². The third kappa shape index (κ3) is 5.16. The summed E-state index contributed by atoms with van der Waals surface area (Å²) < 4.78 is 0.738. The van der Waals surface area contributed by atoms with E-state index in [0.717, 1.165) is 4.58 Å². The Hall–Kier alpha value is 0.180. The summed E-state index contributed by atoms with van der Waals surface area (Å²) in [4.78, 5) is 0. The van der Waals surface area contributed by atoms with E-state index in [1.54, 1.807) is 5.57 Å². The first kappa shape index (κ1) is 12.3. The van der Waals surface area contributed by atoms with Gasteiger partial charge in [-0.3, -0.25) is 0 Å². The molecule has 0 radical (unpaired) electrons. The minimum absolute atomic E-state index is 0.738. The normalized spacial score (nSPS) is 18.6. The summed E-state index contributed by atoms with van der Waals surface area (Å²) in [7, 11) is 0. The van der Waals surface area contributed by atoms with Gasteiger partial charge in [-0.25, -0.2) is 0 Å². The lowest BCUT2D eigenvalue weighted by Crippen LogP contribution is -1.87. The van der Waals surface area contributed by atoms with Gasteiger partial charge in [0.2, 0.25) is 0 Å². The predicted molar refractivity (Wildman–Crippen MR) is 71.1 cm³/mol. The molecule has 0 aromatic rings. The molecule has 0 nitrogen and oxygen atoms in total. The van der Waals surface area contributed by atoms with Crippen LogP contribution < -0.4 is 0 Å². The molecule has 1 saturated heterocycles. The standard InChI is InChI=1S/C12H20S2/c1-10(2)5-4-6-11(3)9-12-13-7-8-14-12/h5,9,12H,4,6-8H2,1-3H3/b11-9+. The molecule has 0 aromatic carbocycles. The summed E-state index contributed by atoms with van der Waals surface area (Å²) in [6.45, 7) is 6.60. The van der Waals surface area contributed by atoms with Crippen molar-refractivity contribution in [3.05, 3.63) is 23.3 Å². The van der Waals surface area contributed by atoms with Crippen molar-refractivity contribution in [2.24, 2.45) is 0 Å². The van der Waals surface area contributed by atoms with Crippen LogP contribution in [0.2, 0.25) is 0 Å². The highest BCUT2D eigenvalue weighted by Crippen LogP contribution is 2.33. The smallest absolute Gasteiger partial charge is 0.0685 e. The van der Waals surface area contributed by atoms with Gasteiger partial charge in [-0.05, 0) is 33.6 Å². The first-order valence-electron chi connectivity index (χ1n) is 5.22. The third-order valence-electron chi connectivity index (χ3n) is 2.16. The Morgan fingerprint density at radius 1 is 1.21 bits per heavy atom. The second-order valence-electron chi connectivity index (χ2n) is 3.94. The van der Waals surface area contributed by atoms with E-state index in [1.165, 1.54) is 29.9 Å². The Morgan fingerprint density at radius 3 is 2.43 bits per heavy atom. The lowest BCUT2D eigenvalue weighted by atomic mass is 10.1. The highest BCUT2D eigenvalue weighted by Gasteiger charge is 2.12. The molecule has 1 heterocycles. The summed E-state index contributed by atoms with van der Waals surface area (Å²) in [6, 6.07) is 0. The SMILES string of the molecule is CC(C)=CCC/C(C)=C/C1SCCS1. The second kappa shape index (κ2) is 6.62. The van der Waals surface area contributed by atoms with Crippen LogP contribution >= 0.6 is 23.5 Å². The van der Waals surface area contributed by atoms with Crippen molar-refractivity contribution in [2.45, 2.75) is 38.2 Å². The third-order valence-corrected chi connectivity index (χ3v) is 5.04. The average molecular weight is 228 g/mol. The van der Waals surface area contributed by atoms with Crippen LogP contribution in [0.5, 0.6) is 0 Å². The van der Waals surface area contributed by atoms with E-state index in [9.17, 15) is 0 Å². The maximum absolute atomic E-state index is 2.45. The van der Waals surface area contributed by atoms with Gasteiger partial charge in [-0.2, -0.15) is 0 Å². The Balaban J connectivity index is 2.26. The fourth-order valence-corrected chi connectivity index (χ4v) is 4.23. The maximum atomic E-state index is 2.45. The minimum Gasteiger partial charge on any atom is -0.143 e. The molecule has 0 aromatic heterocycles. The average Bonchev–Trinajstić information content (AvgIpc) is 2.56. The molecular formula is C12H20S2. The van der Waals surface area contributed by atoms with Gasteiger partial charge in [0.1, 0.15) is 0 Å². The van der Waals surface area contributed by atoms with E-state index >= 15 is 0 Å². The fraction of sp³-hybridized carbons (Fsp3) is 0.667. The van der Waals surface area contributed by atoms with Crippen LogP contribution in [0.25, 0.3) is 0 Å². The van der Waals surface area contributed by atoms with Gasteiger partial charge in [-0.1, -0.05) is 23.3 Å². The first-order valence-corrected chi connectivity index (χ1v) is 7.32. The van der Waals surface area contributed by atoms with Crippen LogP contribution in [-0.2, 0) is 0 Å². The Bertz CT molecular complexity index is 218. The topological polar surface area (TPSA) is 0 Å². The predicted octanol–water partition coefficient (Wildman–Crippen LogP) is 4.49. The van der Waals surface area contributed by atoms with Crippen molar-refractivity contribution in [1.29, 1.82) is 0 Å². The van der Waals surface area contributed by atoms with Crippen LogP contribution in [0.15, 0.2) is 23.3 Å². The van der Waals surface area contributed by atoms with Gasteiger partial charge >= 0.3 is 0 Å². The molecule has 80 valence electrons. The molecule has 0 spiro atoms. The number of rotatable bonds is 4. The van der Waals surface area contributed by atoms with E-state index in [0.29, 0.717) is 0 Å². The molecule has 1 aliphatic heterocycles. The number of hydrogen-bond acceptors (Lipinski definition) is 2. The van der Waals surface area contributed by atoms with Crippen molar-refractivity contribution < 1.29 is 0 Å². The molecule has 0 bridgehead atoms. The molecule has 1 aliphatic rings. The van der Waals surface area contributed by atoms with Crippen molar-refractivity contribution in [3.8, 4) is 0 Å². The van der Waals surface area contributed by atoms with Crippen molar-refractivity contribution in [3.63, 3.8) is 0 Å². The molecule has 2 heteroatoms. The van der Waals surface area contributed by atoms with Crippen molar-refractivity contribution in [1.82, 2.24) is 0 Å². The van der Waals surface area contributed by atoms with Crippen LogP contribution in [0.1, 0.15) is 33.6 Å². The van der Waals surface area contributed by atoms with E-state index < -0.39 is 0 Å². The molecule has 0 unspecified atom stereocenters. The molecule has 0 amide bonds. The second-order valence-corrected chi connectivity index (χ2v) is 6.74. The van der Waals surface area contributed by atoms with Crippen LogP contribution in [0.3, 0.4) is 0 Å². The quantitative estimate of drug-likeness (QED) is 0.650. The highest BCUT2D eigenvalue weighted by atomic mass is 32.2. The van der Waals surface area contributed by atoms with Crippen LogP contribution in [0, 0.1) is 0 Å². The Morgan fingerprint density at radius 2 is 1.86 bits per heavy atom. The number of allylic oxidation sites excluding steroid dienone is 3. The molecular weight excluding hydrogens is 208 g/mol. The molecule has 0 atom stereocenters. The van der Waals surface area contributed by atoms with Gasteiger partial charge < -0.3 is 0 Å². The summed E-state index contributed by atoms with van der Waals surface area (Å²) >= 11 is 4.16. The molecule has 0 saturated carbocycles. The molecule has 1 fully saturated rings. The lowest BCUT2D eigenvalue weighted by Gasteiger charge is -2.04. The summed E-state index contributed by atoms with van der Waals surface area (Å²) in [6.07, 6.45) is 7.20. The van der Waals surface area contributed by atoms with Gasteiger partial charge in [0.05, 0.1) is 4.58 Å². The molecule has 0 N–H and O–H groups in total. The molecule has 0 aliphatic carbocycles. The summed E-state index contributed by atoms with van der Waals surface area (Å²) in [5, 5.41) is 0. The summed E-state index contributed by atoms with van der Waals surface area (Å²) in [5.74, 6) is 2.65. The summed E-state index contributed by atoms with van der Waals surface area (Å²) in [5.41, 5.74) is 2.98. The van der Waals surface area contributed by atoms with Gasteiger partial charge in [-0.15, -0.1) is 23.5 Å². The molecule has 1 rings (SSSR count). The Labute approximate surface area is 96.6 Å². The zero-order chi connectivity index (χ0) is 10.4. The number of thioether (sulfide) groups is 2. The number of hydrogen-bond donors (Lipinski definition) is 0. The van der Waals surface area contributed by atoms with E-state index in [2.05, 4.69) is 56.4 Å². The molecule has 14 heavy (non-hydrogen) atoms. The first-order chi connectivity index (χ1) is 6.68. The van der Waals surface area contributed by atoms with E-state index in [-0.39, 0.29) is 0 Å². The fourth-order valence-electron chi connectivity index (χ4n) is 1.38. The minimum atomic E-state index is 0.738. The van der Waals surface area contributed by atoms with Gasteiger partial charge in [0.25, 0.3) is 0 Å². The monoisotopic (exact) mass is 228 g/mol. The largest absolute Gasteiger partial charge is 0.143 e. The lowest BCUT2D eigenvalue weighted by molar-refractivity contribution is 0.963. The van der Waals surface area contributed by atoms with E-state index in [4.69, 9.17) is 0 Å². The van der Waals surface area contributed by atoms with Gasteiger partial charge in [0, 0.05) is 11.5 Å². The zero-order valence-electron chi connectivity index (χ0n) is 9.38.